The minimum atomic E-state index is 0.576. The Morgan fingerprint density at radius 3 is 2.21 bits per heavy atom. The molecule has 2 aliphatic rings. The number of hydrogen-bond acceptors (Lipinski definition) is 1. The molecule has 0 saturated heterocycles. The normalized spacial score (nSPS) is 45.4. The molecule has 0 aromatic rings. The third-order valence-electron chi connectivity index (χ3n) is 4.25. The predicted octanol–water partition coefficient (Wildman–Crippen LogP) is 3.06. The highest BCUT2D eigenvalue weighted by molar-refractivity contribution is 4.93. The van der Waals surface area contributed by atoms with Gasteiger partial charge in [-0.1, -0.05) is 27.7 Å². The molecule has 0 bridgehead atoms. The summed E-state index contributed by atoms with van der Waals surface area (Å²) in [6.45, 7) is 10.9. The lowest BCUT2D eigenvalue weighted by Gasteiger charge is -2.18. The first-order valence-corrected chi connectivity index (χ1v) is 6.21. The smallest absolute Gasteiger partial charge is 0.00980 e. The molecule has 1 N–H and O–H groups in total. The Balaban J connectivity index is 1.75. The maximum Gasteiger partial charge on any atom is 0.00980 e. The van der Waals surface area contributed by atoms with Crippen LogP contribution in [0.15, 0.2) is 0 Å². The zero-order chi connectivity index (χ0) is 10.3. The molecular formula is C13H25N. The Morgan fingerprint density at radius 2 is 1.79 bits per heavy atom. The zero-order valence-electron chi connectivity index (χ0n) is 10.1. The average molecular weight is 195 g/mol. The second kappa shape index (κ2) is 3.52. The summed E-state index contributed by atoms with van der Waals surface area (Å²) >= 11 is 0. The lowest BCUT2D eigenvalue weighted by molar-refractivity contribution is 0.361. The highest BCUT2D eigenvalue weighted by Gasteiger charge is 2.38. The third kappa shape index (κ3) is 2.31. The molecule has 4 atom stereocenters. The van der Waals surface area contributed by atoms with Crippen molar-refractivity contribution in [2.75, 3.05) is 6.54 Å². The van der Waals surface area contributed by atoms with Crippen LogP contribution in [-0.2, 0) is 0 Å². The van der Waals surface area contributed by atoms with E-state index in [4.69, 9.17) is 0 Å². The molecule has 0 aromatic carbocycles. The third-order valence-corrected chi connectivity index (χ3v) is 4.25. The Labute approximate surface area is 88.7 Å². The molecule has 2 aliphatic carbocycles. The van der Waals surface area contributed by atoms with Crippen molar-refractivity contribution in [3.63, 3.8) is 0 Å². The summed E-state index contributed by atoms with van der Waals surface area (Å²) in [5.41, 5.74) is 0.576. The summed E-state index contributed by atoms with van der Waals surface area (Å²) in [5, 5.41) is 3.78. The van der Waals surface area contributed by atoms with Gasteiger partial charge >= 0.3 is 0 Å². The zero-order valence-corrected chi connectivity index (χ0v) is 10.1. The maximum atomic E-state index is 3.78. The molecular weight excluding hydrogens is 170 g/mol. The fraction of sp³-hybridized carbons (Fsp3) is 1.00. The van der Waals surface area contributed by atoms with Crippen LogP contribution < -0.4 is 5.32 Å². The van der Waals surface area contributed by atoms with Crippen molar-refractivity contribution in [2.24, 2.45) is 23.2 Å². The molecule has 2 fully saturated rings. The molecule has 0 spiro atoms. The van der Waals surface area contributed by atoms with Gasteiger partial charge in [-0.15, -0.1) is 0 Å². The van der Waals surface area contributed by atoms with E-state index < -0.39 is 0 Å². The SMILES string of the molecule is CC1CC1CNC1CC(C)(C)CC1C. The van der Waals surface area contributed by atoms with Crippen molar-refractivity contribution in [1.29, 1.82) is 0 Å². The van der Waals surface area contributed by atoms with Crippen LogP contribution in [-0.4, -0.2) is 12.6 Å². The van der Waals surface area contributed by atoms with Crippen LogP contribution in [0, 0.1) is 23.2 Å². The summed E-state index contributed by atoms with van der Waals surface area (Å²) in [4.78, 5) is 0. The molecule has 0 aromatic heterocycles. The van der Waals surface area contributed by atoms with Crippen molar-refractivity contribution >= 4 is 0 Å². The highest BCUT2D eigenvalue weighted by atomic mass is 14.9. The Bertz CT molecular complexity index is 209. The van der Waals surface area contributed by atoms with Gasteiger partial charge in [-0.25, -0.2) is 0 Å². The van der Waals surface area contributed by atoms with Crippen molar-refractivity contribution in [3.8, 4) is 0 Å². The van der Waals surface area contributed by atoms with Gasteiger partial charge in [0, 0.05) is 6.04 Å². The second-order valence-electron chi connectivity index (χ2n) is 6.54. The van der Waals surface area contributed by atoms with Crippen LogP contribution in [0.25, 0.3) is 0 Å². The van der Waals surface area contributed by atoms with Gasteiger partial charge in [0.1, 0.15) is 0 Å². The molecule has 4 unspecified atom stereocenters. The minimum absolute atomic E-state index is 0.576. The van der Waals surface area contributed by atoms with Crippen LogP contribution in [0.5, 0.6) is 0 Å². The van der Waals surface area contributed by atoms with E-state index >= 15 is 0 Å². The van der Waals surface area contributed by atoms with Gasteiger partial charge in [0.25, 0.3) is 0 Å². The monoisotopic (exact) mass is 195 g/mol. The van der Waals surface area contributed by atoms with Crippen molar-refractivity contribution in [2.45, 2.75) is 53.0 Å². The van der Waals surface area contributed by atoms with Crippen molar-refractivity contribution < 1.29 is 0 Å². The standard InChI is InChI=1S/C13H25N/c1-9-5-11(9)8-14-12-7-13(3,4)6-10(12)2/h9-12,14H,5-8H2,1-4H3. The molecule has 0 radical (unpaired) electrons. The molecule has 1 nitrogen and oxygen atoms in total. The van der Waals surface area contributed by atoms with Gasteiger partial charge in [0.05, 0.1) is 0 Å². The van der Waals surface area contributed by atoms with Gasteiger partial charge < -0.3 is 5.32 Å². The van der Waals surface area contributed by atoms with E-state index in [9.17, 15) is 0 Å². The van der Waals surface area contributed by atoms with E-state index in [0.717, 1.165) is 23.8 Å². The summed E-state index contributed by atoms with van der Waals surface area (Å²) in [5.74, 6) is 2.86. The van der Waals surface area contributed by atoms with Gasteiger partial charge in [-0.2, -0.15) is 0 Å². The molecule has 1 heteroatoms. The summed E-state index contributed by atoms with van der Waals surface area (Å²) in [6, 6.07) is 0.790. The van der Waals surface area contributed by atoms with Gasteiger partial charge in [-0.05, 0) is 49.0 Å². The highest BCUT2D eigenvalue weighted by Crippen LogP contribution is 2.42. The molecule has 0 amide bonds. The second-order valence-corrected chi connectivity index (χ2v) is 6.54. The molecule has 0 aliphatic heterocycles. The molecule has 2 saturated carbocycles. The number of hydrogen-bond donors (Lipinski definition) is 1. The molecule has 2 rings (SSSR count). The average Bonchev–Trinajstić information content (AvgIpc) is 2.67. The molecule has 82 valence electrons. The van der Waals surface area contributed by atoms with E-state index in [0.29, 0.717) is 5.41 Å². The number of nitrogens with one attached hydrogen (secondary N) is 1. The fourth-order valence-corrected chi connectivity index (χ4v) is 3.15. The van der Waals surface area contributed by atoms with Crippen LogP contribution in [0.1, 0.15) is 47.0 Å². The topological polar surface area (TPSA) is 12.0 Å². The minimum Gasteiger partial charge on any atom is -0.313 e. The molecule has 14 heavy (non-hydrogen) atoms. The maximum absolute atomic E-state index is 3.78. The van der Waals surface area contributed by atoms with Gasteiger partial charge in [0.15, 0.2) is 0 Å². The first kappa shape index (κ1) is 10.5. The Morgan fingerprint density at radius 1 is 1.14 bits per heavy atom. The lowest BCUT2D eigenvalue weighted by atomic mass is 9.91. The lowest BCUT2D eigenvalue weighted by Crippen LogP contribution is -2.33. The van der Waals surface area contributed by atoms with E-state index in [1.165, 1.54) is 25.8 Å². The fourth-order valence-electron chi connectivity index (χ4n) is 3.15. The van der Waals surface area contributed by atoms with Crippen LogP contribution in [0.2, 0.25) is 0 Å². The largest absolute Gasteiger partial charge is 0.313 e. The quantitative estimate of drug-likeness (QED) is 0.730. The summed E-state index contributed by atoms with van der Waals surface area (Å²) in [7, 11) is 0. The van der Waals surface area contributed by atoms with Gasteiger partial charge in [0.2, 0.25) is 0 Å². The first-order chi connectivity index (χ1) is 6.48. The van der Waals surface area contributed by atoms with E-state index in [2.05, 4.69) is 33.0 Å². The summed E-state index contributed by atoms with van der Waals surface area (Å²) < 4.78 is 0. The van der Waals surface area contributed by atoms with Crippen molar-refractivity contribution in [1.82, 2.24) is 5.32 Å². The van der Waals surface area contributed by atoms with E-state index in [1.807, 2.05) is 0 Å². The van der Waals surface area contributed by atoms with Gasteiger partial charge in [-0.3, -0.25) is 0 Å². The van der Waals surface area contributed by atoms with E-state index in [-0.39, 0.29) is 0 Å². The Kier molecular flexibility index (Phi) is 2.63. The van der Waals surface area contributed by atoms with Crippen molar-refractivity contribution in [3.05, 3.63) is 0 Å². The van der Waals surface area contributed by atoms with E-state index in [1.54, 1.807) is 0 Å². The first-order valence-electron chi connectivity index (χ1n) is 6.21. The van der Waals surface area contributed by atoms with Crippen LogP contribution in [0.3, 0.4) is 0 Å². The van der Waals surface area contributed by atoms with Crippen LogP contribution >= 0.6 is 0 Å². The Hall–Kier alpha value is -0.0400. The predicted molar refractivity (Wildman–Crippen MR) is 61.2 cm³/mol. The van der Waals surface area contributed by atoms with Crippen LogP contribution in [0.4, 0.5) is 0 Å². The molecule has 0 heterocycles. The number of rotatable bonds is 3. The summed E-state index contributed by atoms with van der Waals surface area (Å²) in [6.07, 6.45) is 4.22.